The molecule has 5 nitrogen and oxygen atoms in total. The van der Waals surface area contributed by atoms with Gasteiger partial charge in [0.15, 0.2) is 0 Å². The summed E-state index contributed by atoms with van der Waals surface area (Å²) >= 11 is 0. The Morgan fingerprint density at radius 3 is 2.76 bits per heavy atom. The van der Waals surface area contributed by atoms with Gasteiger partial charge in [0.2, 0.25) is 0 Å². The van der Waals surface area contributed by atoms with Crippen LogP contribution >= 0.6 is 0 Å². The van der Waals surface area contributed by atoms with Gasteiger partial charge >= 0.3 is 6.09 Å². The minimum atomic E-state index is -0.442. The Morgan fingerprint density at radius 1 is 1.47 bits per heavy atom. The van der Waals surface area contributed by atoms with Gasteiger partial charge in [0.1, 0.15) is 5.60 Å². The molecule has 0 spiro atoms. The molecule has 3 atom stereocenters. The molecule has 17 heavy (non-hydrogen) atoms. The van der Waals surface area contributed by atoms with Crippen molar-refractivity contribution < 1.29 is 14.3 Å². The van der Waals surface area contributed by atoms with Crippen LogP contribution in [-0.4, -0.2) is 48.9 Å². The van der Waals surface area contributed by atoms with E-state index in [0.717, 1.165) is 6.61 Å². The van der Waals surface area contributed by atoms with Gasteiger partial charge in [-0.05, 0) is 27.3 Å². The highest BCUT2D eigenvalue weighted by Crippen LogP contribution is 2.33. The molecule has 1 amide bonds. The molecule has 0 aliphatic carbocycles. The van der Waals surface area contributed by atoms with E-state index in [1.165, 1.54) is 0 Å². The number of nitrogens with two attached hydrogens (primary N) is 1. The summed E-state index contributed by atoms with van der Waals surface area (Å²) < 4.78 is 11.0. The molecule has 5 heteroatoms. The van der Waals surface area contributed by atoms with Crippen LogP contribution in [0.3, 0.4) is 0 Å². The van der Waals surface area contributed by atoms with Crippen molar-refractivity contribution in [1.82, 2.24) is 4.90 Å². The first-order valence-electron chi connectivity index (χ1n) is 6.20. The van der Waals surface area contributed by atoms with E-state index >= 15 is 0 Å². The molecule has 0 radical (unpaired) electrons. The number of ether oxygens (including phenoxy) is 2. The fourth-order valence-electron chi connectivity index (χ4n) is 2.52. The van der Waals surface area contributed by atoms with Gasteiger partial charge in [0.25, 0.3) is 0 Å². The predicted octanol–water partition coefficient (Wildman–Crippen LogP) is 0.827. The van der Waals surface area contributed by atoms with E-state index in [-0.39, 0.29) is 12.2 Å². The molecule has 0 saturated carbocycles. The van der Waals surface area contributed by atoms with Gasteiger partial charge in [-0.3, -0.25) is 0 Å². The number of hydrogen-bond acceptors (Lipinski definition) is 4. The molecule has 0 bridgehead atoms. The molecule has 2 aliphatic rings. The number of rotatable bonds is 1. The minimum absolute atomic E-state index is 0.149. The maximum absolute atomic E-state index is 11.9. The highest BCUT2D eigenvalue weighted by atomic mass is 16.6. The second-order valence-corrected chi connectivity index (χ2v) is 5.92. The predicted molar refractivity (Wildman–Crippen MR) is 63.6 cm³/mol. The van der Waals surface area contributed by atoms with Crippen molar-refractivity contribution in [2.45, 2.75) is 32.5 Å². The number of carbonyl (C=O) groups excluding carboxylic acids is 1. The van der Waals surface area contributed by atoms with Crippen molar-refractivity contribution >= 4 is 6.09 Å². The van der Waals surface area contributed by atoms with E-state index in [1.54, 1.807) is 4.90 Å². The standard InChI is InChI=1S/C12H22N2O3/c1-12(2,3)17-11(15)14-5-9-8(4-13)7-16-10(9)6-14/h8-10H,4-7,13H2,1-3H3. The van der Waals surface area contributed by atoms with Gasteiger partial charge in [0, 0.05) is 18.4 Å². The van der Waals surface area contributed by atoms with Crippen LogP contribution in [0.2, 0.25) is 0 Å². The average Bonchev–Trinajstić information content (AvgIpc) is 2.72. The fourth-order valence-corrected chi connectivity index (χ4v) is 2.52. The quantitative estimate of drug-likeness (QED) is 0.739. The van der Waals surface area contributed by atoms with Crippen molar-refractivity contribution in [3.05, 3.63) is 0 Å². The number of nitrogens with zero attached hydrogens (tertiary/aromatic N) is 1. The van der Waals surface area contributed by atoms with Crippen LogP contribution in [0.15, 0.2) is 0 Å². The van der Waals surface area contributed by atoms with Gasteiger partial charge < -0.3 is 20.1 Å². The average molecular weight is 242 g/mol. The lowest BCUT2D eigenvalue weighted by molar-refractivity contribution is 0.0224. The second-order valence-electron chi connectivity index (χ2n) is 5.92. The van der Waals surface area contributed by atoms with Crippen LogP contribution in [0, 0.1) is 11.8 Å². The Hall–Kier alpha value is -0.810. The van der Waals surface area contributed by atoms with Crippen molar-refractivity contribution in [2.75, 3.05) is 26.2 Å². The Morgan fingerprint density at radius 2 is 2.18 bits per heavy atom. The summed E-state index contributed by atoms with van der Waals surface area (Å²) in [6, 6.07) is 0. The molecule has 0 aromatic heterocycles. The Kier molecular flexibility index (Phi) is 3.32. The molecular formula is C12H22N2O3. The number of fused-ring (bicyclic) bond motifs is 1. The van der Waals surface area contributed by atoms with Crippen LogP contribution in [-0.2, 0) is 9.47 Å². The monoisotopic (exact) mass is 242 g/mol. The molecule has 2 heterocycles. The maximum atomic E-state index is 11.9. The largest absolute Gasteiger partial charge is 0.444 e. The molecule has 2 fully saturated rings. The van der Waals surface area contributed by atoms with E-state index in [2.05, 4.69) is 0 Å². The van der Waals surface area contributed by atoms with Crippen LogP contribution < -0.4 is 5.73 Å². The molecular weight excluding hydrogens is 220 g/mol. The summed E-state index contributed by atoms with van der Waals surface area (Å²) in [7, 11) is 0. The van der Waals surface area contributed by atoms with E-state index in [1.807, 2.05) is 20.8 Å². The first kappa shape index (κ1) is 12.6. The number of carbonyl (C=O) groups is 1. The van der Waals surface area contributed by atoms with Gasteiger partial charge in [0.05, 0.1) is 19.3 Å². The fraction of sp³-hybridized carbons (Fsp3) is 0.917. The van der Waals surface area contributed by atoms with Crippen molar-refractivity contribution in [3.8, 4) is 0 Å². The SMILES string of the molecule is CC(C)(C)OC(=O)N1CC2OCC(CN)C2C1. The Balaban J connectivity index is 1.92. The molecule has 2 saturated heterocycles. The smallest absolute Gasteiger partial charge is 0.410 e. The van der Waals surface area contributed by atoms with Crippen LogP contribution in [0.4, 0.5) is 4.79 Å². The summed E-state index contributed by atoms with van der Waals surface area (Å²) in [6.07, 6.45) is -0.0951. The van der Waals surface area contributed by atoms with Gasteiger partial charge in [-0.25, -0.2) is 4.79 Å². The highest BCUT2D eigenvalue weighted by Gasteiger charge is 2.45. The first-order valence-corrected chi connectivity index (χ1v) is 6.20. The van der Waals surface area contributed by atoms with E-state index in [4.69, 9.17) is 15.2 Å². The Labute approximate surface area is 102 Å². The molecule has 3 unspecified atom stereocenters. The molecule has 0 aromatic rings. The molecule has 2 rings (SSSR count). The molecule has 0 aromatic carbocycles. The number of likely N-dealkylation sites (tertiary alicyclic amines) is 1. The zero-order valence-electron chi connectivity index (χ0n) is 10.8. The zero-order chi connectivity index (χ0) is 12.6. The minimum Gasteiger partial charge on any atom is -0.444 e. The lowest BCUT2D eigenvalue weighted by Crippen LogP contribution is -2.37. The van der Waals surface area contributed by atoms with E-state index in [0.29, 0.717) is 31.5 Å². The number of hydrogen-bond donors (Lipinski definition) is 1. The summed E-state index contributed by atoms with van der Waals surface area (Å²) in [6.45, 7) is 8.33. The van der Waals surface area contributed by atoms with E-state index < -0.39 is 5.60 Å². The summed E-state index contributed by atoms with van der Waals surface area (Å²) in [4.78, 5) is 13.6. The van der Waals surface area contributed by atoms with Crippen molar-refractivity contribution in [3.63, 3.8) is 0 Å². The lowest BCUT2D eigenvalue weighted by atomic mass is 9.93. The lowest BCUT2D eigenvalue weighted by Gasteiger charge is -2.25. The normalized spacial score (nSPS) is 32.7. The second kappa shape index (κ2) is 4.46. The molecule has 98 valence electrons. The topological polar surface area (TPSA) is 64.8 Å². The summed E-state index contributed by atoms with van der Waals surface area (Å²) in [5.74, 6) is 0.764. The van der Waals surface area contributed by atoms with Gasteiger partial charge in [-0.15, -0.1) is 0 Å². The van der Waals surface area contributed by atoms with Gasteiger partial charge in [-0.2, -0.15) is 0 Å². The van der Waals surface area contributed by atoms with Crippen molar-refractivity contribution in [2.24, 2.45) is 17.6 Å². The van der Waals surface area contributed by atoms with E-state index in [9.17, 15) is 4.79 Å². The maximum Gasteiger partial charge on any atom is 0.410 e. The van der Waals surface area contributed by atoms with Crippen LogP contribution in [0.1, 0.15) is 20.8 Å². The Bertz CT molecular complexity index is 301. The third-order valence-corrected chi connectivity index (χ3v) is 3.39. The molecule has 2 N–H and O–H groups in total. The third-order valence-electron chi connectivity index (χ3n) is 3.39. The third kappa shape index (κ3) is 2.72. The highest BCUT2D eigenvalue weighted by molar-refractivity contribution is 5.68. The van der Waals surface area contributed by atoms with Crippen molar-refractivity contribution in [1.29, 1.82) is 0 Å². The first-order chi connectivity index (χ1) is 7.90. The summed E-state index contributed by atoms with van der Waals surface area (Å²) in [5.41, 5.74) is 5.26. The zero-order valence-corrected chi connectivity index (χ0v) is 10.8. The number of amides is 1. The van der Waals surface area contributed by atoms with Gasteiger partial charge in [-0.1, -0.05) is 0 Å². The molecule has 2 aliphatic heterocycles. The van der Waals surface area contributed by atoms with Crippen LogP contribution in [0.25, 0.3) is 0 Å². The summed E-state index contributed by atoms with van der Waals surface area (Å²) in [5, 5.41) is 0. The van der Waals surface area contributed by atoms with Crippen LogP contribution in [0.5, 0.6) is 0 Å².